The molecule has 0 spiro atoms. The molecule has 1 N–H and O–H groups in total. The van der Waals surface area contributed by atoms with E-state index in [1.807, 2.05) is 0 Å². The number of hydrogen-bond acceptors (Lipinski definition) is 6. The Bertz CT molecular complexity index is 1500. The average molecular weight is 585 g/mol. The molecule has 3 aromatic rings. The quantitative estimate of drug-likeness (QED) is 0.391. The van der Waals surface area contributed by atoms with Gasteiger partial charge in [-0.3, -0.25) is 4.79 Å². The minimum atomic E-state index is -4.94. The lowest BCUT2D eigenvalue weighted by atomic mass is 9.88. The largest absolute Gasteiger partial charge is 0.573 e. The molecular weight excluding hydrogens is 561 g/mol. The fourth-order valence-corrected chi connectivity index (χ4v) is 6.43. The number of hydrogen-bond donors (Lipinski definition) is 1. The van der Waals surface area contributed by atoms with Crippen LogP contribution in [0.3, 0.4) is 0 Å². The van der Waals surface area contributed by atoms with Gasteiger partial charge in [-0.1, -0.05) is 23.7 Å². The van der Waals surface area contributed by atoms with Crippen LogP contribution in [0.5, 0.6) is 17.2 Å². The van der Waals surface area contributed by atoms with Crippen molar-refractivity contribution >= 4 is 33.2 Å². The molecule has 0 aliphatic carbocycles. The zero-order valence-corrected chi connectivity index (χ0v) is 22.6. The van der Waals surface area contributed by atoms with Crippen LogP contribution in [0, 0.1) is 0 Å². The van der Waals surface area contributed by atoms with Crippen molar-refractivity contribution in [2.45, 2.75) is 30.6 Å². The Morgan fingerprint density at radius 1 is 1.05 bits per heavy atom. The number of rotatable bonds is 7. The van der Waals surface area contributed by atoms with E-state index in [2.05, 4.69) is 10.1 Å². The molecule has 0 saturated heterocycles. The number of anilines is 1. The summed E-state index contributed by atoms with van der Waals surface area (Å²) in [6.45, 7) is 1.28. The van der Waals surface area contributed by atoms with Crippen LogP contribution < -0.4 is 19.5 Å². The molecule has 0 aromatic heterocycles. The fourth-order valence-electron chi connectivity index (χ4n) is 4.52. The second kappa shape index (κ2) is 10.9. The number of nitrogens with zero attached hydrogens (tertiary/aromatic N) is 1. The number of alkyl halides is 3. The highest BCUT2D eigenvalue weighted by atomic mass is 35.5. The SMILES string of the molecule is COc1cc2c(c(OC)c1)C(c1cccc(OC(F)(F)F)c1)N(S(=O)(=O)c1ccc(NC(C)=O)c(Cl)c1)CC2. The van der Waals surface area contributed by atoms with Gasteiger partial charge in [0.05, 0.1) is 35.9 Å². The van der Waals surface area contributed by atoms with Crippen LogP contribution in [-0.4, -0.2) is 45.8 Å². The van der Waals surface area contributed by atoms with Gasteiger partial charge in [0.1, 0.15) is 17.2 Å². The first-order valence-electron chi connectivity index (χ1n) is 11.5. The van der Waals surface area contributed by atoms with Gasteiger partial charge in [0.15, 0.2) is 0 Å². The summed E-state index contributed by atoms with van der Waals surface area (Å²) in [7, 11) is -1.39. The van der Waals surface area contributed by atoms with Crippen LogP contribution in [0.2, 0.25) is 5.02 Å². The first kappa shape index (κ1) is 28.5. The van der Waals surface area contributed by atoms with Gasteiger partial charge in [0, 0.05) is 25.1 Å². The standard InChI is InChI=1S/C26H24ClF3N2O6S/c1-15(33)31-22-8-7-20(14-21(22)27)39(34,35)32-10-9-16-11-19(36-2)13-23(37-3)24(16)25(32)17-5-4-6-18(12-17)38-26(28,29)30/h4-8,11-14,25H,9-10H2,1-3H3,(H,31,33). The predicted octanol–water partition coefficient (Wildman–Crippen LogP) is 5.55. The highest BCUT2D eigenvalue weighted by Crippen LogP contribution is 2.46. The van der Waals surface area contributed by atoms with E-state index in [0.717, 1.165) is 12.1 Å². The molecule has 1 unspecified atom stereocenters. The van der Waals surface area contributed by atoms with Crippen molar-refractivity contribution in [3.8, 4) is 17.2 Å². The zero-order valence-electron chi connectivity index (χ0n) is 21.0. The summed E-state index contributed by atoms with van der Waals surface area (Å²) < 4.78 is 83.2. The number of ether oxygens (including phenoxy) is 3. The van der Waals surface area contributed by atoms with E-state index >= 15 is 0 Å². The molecule has 1 aliphatic rings. The van der Waals surface area contributed by atoms with Crippen LogP contribution in [0.4, 0.5) is 18.9 Å². The van der Waals surface area contributed by atoms with Crippen LogP contribution in [0.15, 0.2) is 59.5 Å². The van der Waals surface area contributed by atoms with Gasteiger partial charge in [0.2, 0.25) is 15.9 Å². The molecule has 8 nitrogen and oxygen atoms in total. The molecule has 0 fully saturated rings. The lowest BCUT2D eigenvalue weighted by Crippen LogP contribution is -2.40. The molecular formula is C26H24ClF3N2O6S. The molecule has 1 heterocycles. The lowest BCUT2D eigenvalue weighted by Gasteiger charge is -2.37. The van der Waals surface area contributed by atoms with Crippen LogP contribution >= 0.6 is 11.6 Å². The minimum absolute atomic E-state index is 0.00289. The molecule has 39 heavy (non-hydrogen) atoms. The summed E-state index contributed by atoms with van der Waals surface area (Å²) in [5, 5.41) is 2.52. The van der Waals surface area contributed by atoms with Crippen molar-refractivity contribution in [3.05, 3.63) is 76.3 Å². The molecule has 0 radical (unpaired) electrons. The number of methoxy groups -OCH3 is 2. The van der Waals surface area contributed by atoms with E-state index in [1.54, 1.807) is 12.1 Å². The maximum atomic E-state index is 14.0. The van der Waals surface area contributed by atoms with Gasteiger partial charge in [-0.05, 0) is 53.9 Å². The number of carbonyl (C=O) groups is 1. The summed E-state index contributed by atoms with van der Waals surface area (Å²) in [5.41, 5.74) is 1.63. The zero-order chi connectivity index (χ0) is 28.5. The predicted molar refractivity (Wildman–Crippen MR) is 138 cm³/mol. The van der Waals surface area contributed by atoms with Crippen molar-refractivity contribution in [3.63, 3.8) is 0 Å². The van der Waals surface area contributed by atoms with E-state index in [9.17, 15) is 26.4 Å². The number of halogens is 4. The summed E-state index contributed by atoms with van der Waals surface area (Å²) >= 11 is 6.26. The smallest absolute Gasteiger partial charge is 0.497 e. The van der Waals surface area contributed by atoms with E-state index in [0.29, 0.717) is 22.6 Å². The Kier molecular flexibility index (Phi) is 8.01. The number of amides is 1. The Labute approximate surface area is 228 Å². The van der Waals surface area contributed by atoms with Gasteiger partial charge >= 0.3 is 6.36 Å². The Morgan fingerprint density at radius 3 is 2.41 bits per heavy atom. The minimum Gasteiger partial charge on any atom is -0.497 e. The van der Waals surface area contributed by atoms with E-state index < -0.39 is 28.2 Å². The first-order chi connectivity index (χ1) is 18.3. The molecule has 0 bridgehead atoms. The van der Waals surface area contributed by atoms with Gasteiger partial charge in [0.25, 0.3) is 0 Å². The Balaban J connectivity index is 1.89. The highest BCUT2D eigenvalue weighted by molar-refractivity contribution is 7.89. The van der Waals surface area contributed by atoms with Crippen molar-refractivity contribution in [2.75, 3.05) is 26.1 Å². The van der Waals surface area contributed by atoms with Gasteiger partial charge in [-0.25, -0.2) is 8.42 Å². The van der Waals surface area contributed by atoms with Crippen LogP contribution in [-0.2, 0) is 21.2 Å². The summed E-state index contributed by atoms with van der Waals surface area (Å²) in [4.78, 5) is 11.3. The number of sulfonamides is 1. The third-order valence-electron chi connectivity index (χ3n) is 6.09. The number of nitrogens with one attached hydrogen (secondary N) is 1. The van der Waals surface area contributed by atoms with Crippen molar-refractivity contribution in [2.24, 2.45) is 0 Å². The molecule has 13 heteroatoms. The second-order valence-electron chi connectivity index (χ2n) is 8.61. The fraction of sp³-hybridized carbons (Fsp3) is 0.269. The third-order valence-corrected chi connectivity index (χ3v) is 8.26. The maximum Gasteiger partial charge on any atom is 0.573 e. The van der Waals surface area contributed by atoms with E-state index in [-0.39, 0.29) is 40.0 Å². The van der Waals surface area contributed by atoms with Crippen molar-refractivity contribution in [1.82, 2.24) is 4.31 Å². The monoisotopic (exact) mass is 584 g/mol. The molecule has 1 aliphatic heterocycles. The van der Waals surface area contributed by atoms with Crippen molar-refractivity contribution < 1.29 is 40.6 Å². The normalized spacial score (nSPS) is 15.8. The third kappa shape index (κ3) is 6.07. The maximum absolute atomic E-state index is 14.0. The average Bonchev–Trinajstić information content (AvgIpc) is 2.87. The van der Waals surface area contributed by atoms with E-state index in [4.69, 9.17) is 21.1 Å². The van der Waals surface area contributed by atoms with Gasteiger partial charge in [-0.2, -0.15) is 4.31 Å². The van der Waals surface area contributed by atoms with Crippen LogP contribution in [0.25, 0.3) is 0 Å². The van der Waals surface area contributed by atoms with Crippen molar-refractivity contribution in [1.29, 1.82) is 0 Å². The molecule has 3 aromatic carbocycles. The van der Waals surface area contributed by atoms with E-state index in [1.165, 1.54) is 55.8 Å². The number of carbonyl (C=O) groups excluding carboxylic acids is 1. The number of fused-ring (bicyclic) bond motifs is 1. The summed E-state index contributed by atoms with van der Waals surface area (Å²) in [5.74, 6) is -0.103. The number of benzene rings is 3. The molecule has 1 amide bonds. The summed E-state index contributed by atoms with van der Waals surface area (Å²) in [6.07, 6.45) is -4.67. The van der Waals surface area contributed by atoms with Gasteiger partial charge < -0.3 is 19.5 Å². The molecule has 4 rings (SSSR count). The van der Waals surface area contributed by atoms with Gasteiger partial charge in [-0.15, -0.1) is 13.2 Å². The molecule has 208 valence electrons. The lowest BCUT2D eigenvalue weighted by molar-refractivity contribution is -0.274. The van der Waals surface area contributed by atoms with Crippen LogP contribution in [0.1, 0.15) is 29.7 Å². The Hall–Kier alpha value is -3.48. The topological polar surface area (TPSA) is 94.2 Å². The second-order valence-corrected chi connectivity index (χ2v) is 10.9. The first-order valence-corrected chi connectivity index (χ1v) is 13.4. The molecule has 0 saturated carbocycles. The molecule has 1 atom stereocenters. The Morgan fingerprint density at radius 2 is 1.79 bits per heavy atom. The highest BCUT2D eigenvalue weighted by Gasteiger charge is 2.40. The summed E-state index contributed by atoms with van der Waals surface area (Å²) in [6, 6.07) is 11.3.